The number of carbonyl (C=O) groups is 4. The zero-order chi connectivity index (χ0) is 24.0. The molecule has 0 radical (unpaired) electrons. The lowest BCUT2D eigenvalue weighted by atomic mass is 10.1. The molecule has 2 saturated heterocycles. The van der Waals surface area contributed by atoms with Crippen LogP contribution in [0.25, 0.3) is 6.08 Å². The number of hydrogen-bond acceptors (Lipinski definition) is 8. The number of benzene rings is 1. The van der Waals surface area contributed by atoms with Gasteiger partial charge in [-0.05, 0) is 30.7 Å². The van der Waals surface area contributed by atoms with E-state index >= 15 is 0 Å². The lowest BCUT2D eigenvalue weighted by molar-refractivity contribution is -0.133. The van der Waals surface area contributed by atoms with Crippen molar-refractivity contribution in [2.45, 2.75) is 13.3 Å². The topological polar surface area (TPSA) is 96.5 Å². The number of carbonyl (C=O) groups excluding carboxylic acids is 4. The summed E-state index contributed by atoms with van der Waals surface area (Å²) in [5.74, 6) is -0.767. The number of nitrogens with zero attached hydrogens (tertiary/aromatic N) is 3. The van der Waals surface area contributed by atoms with Crippen molar-refractivity contribution in [3.63, 3.8) is 0 Å². The van der Waals surface area contributed by atoms with Crippen LogP contribution in [-0.2, 0) is 19.1 Å². The van der Waals surface area contributed by atoms with Crippen LogP contribution in [-0.4, -0.2) is 89.3 Å². The molecule has 2 fully saturated rings. The van der Waals surface area contributed by atoms with Gasteiger partial charge < -0.3 is 19.3 Å². The van der Waals surface area contributed by atoms with Gasteiger partial charge in [0.25, 0.3) is 5.91 Å². The van der Waals surface area contributed by atoms with Crippen LogP contribution in [0.4, 0.5) is 4.79 Å². The molecule has 0 aromatic heterocycles. The maximum Gasteiger partial charge on any atom is 0.409 e. The summed E-state index contributed by atoms with van der Waals surface area (Å²) in [6, 6.07) is 6.69. The summed E-state index contributed by atoms with van der Waals surface area (Å²) in [7, 11) is 1.32. The predicted octanol–water partition coefficient (Wildman–Crippen LogP) is 2.37. The summed E-state index contributed by atoms with van der Waals surface area (Å²) in [6.45, 7) is 3.96. The van der Waals surface area contributed by atoms with Crippen LogP contribution < -0.4 is 0 Å². The molecular weight excluding hydrogens is 466 g/mol. The van der Waals surface area contributed by atoms with Gasteiger partial charge in [-0.25, -0.2) is 9.59 Å². The maximum absolute atomic E-state index is 12.8. The standard InChI is InChI=1S/C22H25N3O6S2/c1-3-31-21(29)24-12-10-23(11-13-24)18(26)8-9-25-19(27)17(33-22(25)32)14-15-4-6-16(7-5-15)20(28)30-2/h4-7,14H,3,8-13H2,1-2H3/b17-14+. The molecule has 2 aliphatic heterocycles. The van der Waals surface area contributed by atoms with Gasteiger partial charge in [-0.2, -0.15) is 0 Å². The van der Waals surface area contributed by atoms with E-state index < -0.39 is 5.97 Å². The molecule has 3 rings (SSSR count). The van der Waals surface area contributed by atoms with Crippen LogP contribution in [0.5, 0.6) is 0 Å². The number of thioether (sulfide) groups is 1. The number of esters is 1. The third kappa shape index (κ3) is 6.11. The van der Waals surface area contributed by atoms with E-state index in [1.165, 1.54) is 23.8 Å². The second-order valence-electron chi connectivity index (χ2n) is 7.26. The average molecular weight is 492 g/mol. The Morgan fingerprint density at radius 3 is 2.33 bits per heavy atom. The Bertz CT molecular complexity index is 971. The number of rotatable bonds is 6. The Morgan fingerprint density at radius 2 is 1.73 bits per heavy atom. The van der Waals surface area contributed by atoms with Gasteiger partial charge in [0.2, 0.25) is 5.91 Å². The Labute approximate surface area is 201 Å². The number of hydrogen-bond donors (Lipinski definition) is 0. The van der Waals surface area contributed by atoms with Gasteiger partial charge >= 0.3 is 12.1 Å². The second kappa shape index (κ2) is 11.3. The number of amides is 3. The SMILES string of the molecule is CCOC(=O)N1CCN(C(=O)CCN2C(=O)/C(=C\c3ccc(C(=O)OC)cc3)SC2=S)CC1. The summed E-state index contributed by atoms with van der Waals surface area (Å²) in [6.07, 6.45) is 1.48. The second-order valence-corrected chi connectivity index (χ2v) is 8.94. The van der Waals surface area contributed by atoms with Crippen LogP contribution >= 0.6 is 24.0 Å². The van der Waals surface area contributed by atoms with E-state index in [2.05, 4.69) is 4.74 Å². The minimum absolute atomic E-state index is 0.0880. The van der Waals surface area contributed by atoms with E-state index in [9.17, 15) is 19.2 Å². The first-order chi connectivity index (χ1) is 15.8. The largest absolute Gasteiger partial charge is 0.465 e. The summed E-state index contributed by atoms with van der Waals surface area (Å²) in [5.41, 5.74) is 1.17. The van der Waals surface area contributed by atoms with Crippen LogP contribution in [0.1, 0.15) is 29.3 Å². The predicted molar refractivity (Wildman–Crippen MR) is 127 cm³/mol. The van der Waals surface area contributed by atoms with E-state index in [1.807, 2.05) is 0 Å². The van der Waals surface area contributed by atoms with E-state index in [0.717, 1.165) is 5.56 Å². The van der Waals surface area contributed by atoms with Crippen molar-refractivity contribution in [1.82, 2.24) is 14.7 Å². The van der Waals surface area contributed by atoms with Gasteiger partial charge in [0, 0.05) is 39.1 Å². The minimum atomic E-state index is -0.431. The lowest BCUT2D eigenvalue weighted by Gasteiger charge is -2.34. The van der Waals surface area contributed by atoms with Crippen LogP contribution in [0, 0.1) is 0 Å². The number of methoxy groups -OCH3 is 1. The summed E-state index contributed by atoms with van der Waals surface area (Å²) in [5, 5.41) is 0. The molecular formula is C22H25N3O6S2. The first-order valence-electron chi connectivity index (χ1n) is 10.5. The third-order valence-electron chi connectivity index (χ3n) is 5.21. The Hall–Kier alpha value is -2.92. The molecule has 11 heteroatoms. The molecule has 0 N–H and O–H groups in total. The fourth-order valence-corrected chi connectivity index (χ4v) is 4.70. The maximum atomic E-state index is 12.8. The average Bonchev–Trinajstić information content (AvgIpc) is 3.09. The summed E-state index contributed by atoms with van der Waals surface area (Å²) in [4.78, 5) is 53.9. The number of ether oxygens (including phenoxy) is 2. The molecule has 0 unspecified atom stereocenters. The molecule has 0 bridgehead atoms. The van der Waals surface area contributed by atoms with E-state index in [0.29, 0.717) is 47.6 Å². The highest BCUT2D eigenvalue weighted by Crippen LogP contribution is 2.32. The zero-order valence-electron chi connectivity index (χ0n) is 18.4. The van der Waals surface area contributed by atoms with Crippen LogP contribution in [0.15, 0.2) is 29.2 Å². The monoisotopic (exact) mass is 491 g/mol. The number of thiocarbonyl (C=S) groups is 1. The smallest absolute Gasteiger partial charge is 0.409 e. The Kier molecular flexibility index (Phi) is 8.45. The fraction of sp³-hybridized carbons (Fsp3) is 0.409. The Morgan fingerprint density at radius 1 is 1.09 bits per heavy atom. The molecule has 3 amide bonds. The quantitative estimate of drug-likeness (QED) is 0.340. The van der Waals surface area contributed by atoms with Crippen molar-refractivity contribution in [1.29, 1.82) is 0 Å². The van der Waals surface area contributed by atoms with Crippen molar-refractivity contribution in [2.24, 2.45) is 0 Å². The molecule has 0 spiro atoms. The van der Waals surface area contributed by atoms with Gasteiger partial charge in [-0.3, -0.25) is 14.5 Å². The van der Waals surface area contributed by atoms with E-state index in [4.69, 9.17) is 17.0 Å². The Balaban J connectivity index is 1.53. The van der Waals surface area contributed by atoms with Crippen molar-refractivity contribution in [3.8, 4) is 0 Å². The van der Waals surface area contributed by atoms with Gasteiger partial charge in [-0.15, -0.1) is 0 Å². The van der Waals surface area contributed by atoms with Gasteiger partial charge in [0.15, 0.2) is 0 Å². The highest BCUT2D eigenvalue weighted by Gasteiger charge is 2.33. The van der Waals surface area contributed by atoms with Gasteiger partial charge in [-0.1, -0.05) is 36.1 Å². The molecule has 2 aliphatic rings. The van der Waals surface area contributed by atoms with E-state index in [-0.39, 0.29) is 30.9 Å². The molecule has 0 aliphatic carbocycles. The van der Waals surface area contributed by atoms with Crippen LogP contribution in [0.2, 0.25) is 0 Å². The zero-order valence-corrected chi connectivity index (χ0v) is 20.1. The first kappa shape index (κ1) is 24.7. The van der Waals surface area contributed by atoms with Crippen LogP contribution in [0.3, 0.4) is 0 Å². The lowest BCUT2D eigenvalue weighted by Crippen LogP contribution is -2.51. The molecule has 2 heterocycles. The molecule has 1 aromatic carbocycles. The molecule has 176 valence electrons. The molecule has 1 aromatic rings. The van der Waals surface area contributed by atoms with Gasteiger partial charge in [0.05, 0.1) is 24.2 Å². The van der Waals surface area contributed by atoms with Crippen molar-refractivity contribution < 1.29 is 28.7 Å². The summed E-state index contributed by atoms with van der Waals surface area (Å²) < 4.78 is 10.1. The normalized spacial score (nSPS) is 17.5. The summed E-state index contributed by atoms with van der Waals surface area (Å²) >= 11 is 6.52. The first-order valence-corrected chi connectivity index (χ1v) is 11.7. The third-order valence-corrected chi connectivity index (χ3v) is 6.59. The highest BCUT2D eigenvalue weighted by molar-refractivity contribution is 8.26. The molecule has 0 saturated carbocycles. The molecule has 33 heavy (non-hydrogen) atoms. The van der Waals surface area contributed by atoms with Crippen molar-refractivity contribution in [2.75, 3.05) is 46.4 Å². The molecule has 9 nitrogen and oxygen atoms in total. The van der Waals surface area contributed by atoms with E-state index in [1.54, 1.807) is 47.1 Å². The minimum Gasteiger partial charge on any atom is -0.465 e. The fourth-order valence-electron chi connectivity index (χ4n) is 3.40. The van der Waals surface area contributed by atoms with Crippen molar-refractivity contribution >= 4 is 58.3 Å². The van der Waals surface area contributed by atoms with Crippen molar-refractivity contribution in [3.05, 3.63) is 40.3 Å². The number of piperazine rings is 1. The van der Waals surface area contributed by atoms with Gasteiger partial charge in [0.1, 0.15) is 4.32 Å². The molecule has 0 atom stereocenters. The highest BCUT2D eigenvalue weighted by atomic mass is 32.2.